The minimum atomic E-state index is -0.729. The Morgan fingerprint density at radius 1 is 1.09 bits per heavy atom. The number of carbonyl (C=O) groups excluding carboxylic acids is 3. The van der Waals surface area contributed by atoms with E-state index in [1.54, 1.807) is 36.4 Å². The van der Waals surface area contributed by atoms with Crippen LogP contribution in [0.3, 0.4) is 0 Å². The second-order valence-electron chi connectivity index (χ2n) is 7.72. The molecule has 2 fully saturated rings. The van der Waals surface area contributed by atoms with Crippen molar-refractivity contribution in [2.24, 2.45) is 0 Å². The summed E-state index contributed by atoms with van der Waals surface area (Å²) < 4.78 is 24.9. The molecule has 0 spiro atoms. The molecule has 8 heteroatoms. The molecule has 1 saturated heterocycles. The van der Waals surface area contributed by atoms with Crippen LogP contribution in [0.1, 0.15) is 36.8 Å². The molecule has 0 unspecified atom stereocenters. The topological polar surface area (TPSA) is 84.9 Å². The molecule has 1 saturated carbocycles. The third-order valence-electron chi connectivity index (χ3n) is 5.66. The van der Waals surface area contributed by atoms with E-state index < -0.39 is 17.8 Å². The van der Waals surface area contributed by atoms with Gasteiger partial charge in [0.05, 0.1) is 7.11 Å². The zero-order valence-corrected chi connectivity index (χ0v) is 17.6. The van der Waals surface area contributed by atoms with Crippen molar-refractivity contribution in [3.8, 4) is 11.5 Å². The van der Waals surface area contributed by atoms with Crippen molar-refractivity contribution >= 4 is 23.9 Å². The van der Waals surface area contributed by atoms with Crippen LogP contribution in [-0.4, -0.2) is 35.9 Å². The Morgan fingerprint density at radius 2 is 1.84 bits per heavy atom. The molecule has 0 aromatic heterocycles. The first-order valence-corrected chi connectivity index (χ1v) is 10.4. The van der Waals surface area contributed by atoms with Gasteiger partial charge < -0.3 is 9.47 Å². The molecule has 1 aliphatic carbocycles. The molecule has 0 radical (unpaired) electrons. The van der Waals surface area contributed by atoms with Crippen LogP contribution in [0.25, 0.3) is 6.08 Å². The molecular weight excluding hydrogens is 415 g/mol. The molecule has 2 aromatic rings. The van der Waals surface area contributed by atoms with Crippen LogP contribution in [-0.2, 0) is 16.2 Å². The number of nitrogens with zero attached hydrogens (tertiary/aromatic N) is 1. The predicted octanol–water partition coefficient (Wildman–Crippen LogP) is 3.82. The summed E-state index contributed by atoms with van der Waals surface area (Å²) >= 11 is 0. The van der Waals surface area contributed by atoms with E-state index in [9.17, 15) is 18.8 Å². The maximum absolute atomic E-state index is 13.8. The zero-order valence-electron chi connectivity index (χ0n) is 17.6. The van der Waals surface area contributed by atoms with Crippen LogP contribution < -0.4 is 14.8 Å². The fourth-order valence-electron chi connectivity index (χ4n) is 4.00. The second kappa shape index (κ2) is 9.21. The summed E-state index contributed by atoms with van der Waals surface area (Å²) in [6.07, 6.45) is 4.79. The van der Waals surface area contributed by atoms with Crippen molar-refractivity contribution in [2.45, 2.75) is 38.3 Å². The minimum absolute atomic E-state index is 0.0167. The van der Waals surface area contributed by atoms with Crippen molar-refractivity contribution in [1.82, 2.24) is 10.2 Å². The van der Waals surface area contributed by atoms with E-state index in [0.717, 1.165) is 30.6 Å². The third kappa shape index (κ3) is 4.34. The maximum Gasteiger partial charge on any atom is 0.331 e. The van der Waals surface area contributed by atoms with Gasteiger partial charge in [0.1, 0.15) is 18.0 Å². The molecule has 7 nitrogen and oxygen atoms in total. The van der Waals surface area contributed by atoms with Gasteiger partial charge in [-0.3, -0.25) is 19.8 Å². The summed E-state index contributed by atoms with van der Waals surface area (Å²) in [4.78, 5) is 38.7. The van der Waals surface area contributed by atoms with Crippen molar-refractivity contribution in [3.05, 3.63) is 65.0 Å². The first kappa shape index (κ1) is 21.5. The Balaban J connectivity index is 1.56. The molecule has 2 aromatic carbocycles. The summed E-state index contributed by atoms with van der Waals surface area (Å²) in [5, 5.41) is 2.26. The van der Waals surface area contributed by atoms with Crippen molar-refractivity contribution in [2.75, 3.05) is 7.11 Å². The molecule has 4 rings (SSSR count). The number of barbiturate groups is 1. The molecule has 0 atom stereocenters. The Labute approximate surface area is 184 Å². The van der Waals surface area contributed by atoms with Gasteiger partial charge in [-0.25, -0.2) is 9.18 Å². The molecule has 4 amide bonds. The molecule has 1 heterocycles. The number of rotatable bonds is 6. The molecule has 1 N–H and O–H groups in total. The van der Waals surface area contributed by atoms with Crippen LogP contribution in [0, 0.1) is 5.82 Å². The smallest absolute Gasteiger partial charge is 0.331 e. The number of benzene rings is 2. The van der Waals surface area contributed by atoms with Crippen molar-refractivity contribution < 1.29 is 28.2 Å². The minimum Gasteiger partial charge on any atom is -0.493 e. The van der Waals surface area contributed by atoms with Crippen LogP contribution in [0.5, 0.6) is 11.5 Å². The molecule has 0 bridgehead atoms. The SMILES string of the molecule is COc1cc(/C=C2\C(=O)NC(=O)N(C3CCCC3)C2=O)ccc1OCc1ccccc1F. The van der Waals surface area contributed by atoms with E-state index in [-0.39, 0.29) is 24.0 Å². The average molecular weight is 438 g/mol. The zero-order chi connectivity index (χ0) is 22.7. The fraction of sp³-hybridized carbons (Fsp3) is 0.292. The van der Waals surface area contributed by atoms with E-state index in [4.69, 9.17) is 9.47 Å². The van der Waals surface area contributed by atoms with Gasteiger partial charge in [-0.05, 0) is 42.7 Å². The van der Waals surface area contributed by atoms with Gasteiger partial charge in [0, 0.05) is 11.6 Å². The van der Waals surface area contributed by atoms with Gasteiger partial charge in [-0.2, -0.15) is 0 Å². The number of hydrogen-bond acceptors (Lipinski definition) is 5. The van der Waals surface area contributed by atoms with Crippen molar-refractivity contribution in [3.63, 3.8) is 0 Å². The lowest BCUT2D eigenvalue weighted by Crippen LogP contribution is -2.57. The molecule has 1 aliphatic heterocycles. The number of ether oxygens (including phenoxy) is 2. The lowest BCUT2D eigenvalue weighted by molar-refractivity contribution is -0.131. The molecule has 2 aliphatic rings. The lowest BCUT2D eigenvalue weighted by atomic mass is 10.0. The Hall–Kier alpha value is -3.68. The predicted molar refractivity (Wildman–Crippen MR) is 114 cm³/mol. The van der Waals surface area contributed by atoms with Gasteiger partial charge >= 0.3 is 6.03 Å². The highest BCUT2D eigenvalue weighted by molar-refractivity contribution is 6.31. The Bertz CT molecular complexity index is 1090. The number of amides is 4. The van der Waals surface area contributed by atoms with Gasteiger partial charge in [0.25, 0.3) is 11.8 Å². The summed E-state index contributed by atoms with van der Waals surface area (Å²) in [7, 11) is 1.46. The van der Waals surface area contributed by atoms with Crippen molar-refractivity contribution in [1.29, 1.82) is 0 Å². The van der Waals surface area contributed by atoms with Crippen LogP contribution in [0.4, 0.5) is 9.18 Å². The fourth-order valence-corrected chi connectivity index (χ4v) is 4.00. The number of carbonyl (C=O) groups is 3. The summed E-state index contributed by atoms with van der Waals surface area (Å²) in [5.41, 5.74) is 0.819. The van der Waals surface area contributed by atoms with E-state index in [1.807, 2.05) is 0 Å². The molecular formula is C24H23FN2O5. The van der Waals surface area contributed by atoms with E-state index in [1.165, 1.54) is 19.3 Å². The number of imide groups is 2. The quantitative estimate of drug-likeness (QED) is 0.548. The highest BCUT2D eigenvalue weighted by atomic mass is 19.1. The third-order valence-corrected chi connectivity index (χ3v) is 5.66. The average Bonchev–Trinajstić information content (AvgIpc) is 3.30. The Kier molecular flexibility index (Phi) is 6.20. The normalized spacial score (nSPS) is 18.2. The maximum atomic E-state index is 13.8. The van der Waals surface area contributed by atoms with E-state index in [2.05, 4.69) is 5.32 Å². The number of nitrogens with one attached hydrogen (secondary N) is 1. The van der Waals surface area contributed by atoms with E-state index in [0.29, 0.717) is 22.6 Å². The monoisotopic (exact) mass is 438 g/mol. The second-order valence-corrected chi connectivity index (χ2v) is 7.72. The lowest BCUT2D eigenvalue weighted by Gasteiger charge is -2.31. The summed E-state index contributed by atoms with van der Waals surface area (Å²) in [6.45, 7) is 0.0167. The number of hydrogen-bond donors (Lipinski definition) is 1. The first-order valence-electron chi connectivity index (χ1n) is 10.4. The number of halogens is 1. The largest absolute Gasteiger partial charge is 0.493 e. The molecule has 166 valence electrons. The standard InChI is InChI=1S/C24H23FN2O5/c1-31-21-13-15(10-11-20(21)32-14-16-6-2-5-9-19(16)25)12-18-22(28)26-24(30)27(23(18)29)17-7-3-4-8-17/h2,5-6,9-13,17H,3-4,7-8,14H2,1H3,(H,26,28,30)/b18-12+. The van der Waals surface area contributed by atoms with Crippen LogP contribution >= 0.6 is 0 Å². The van der Waals surface area contributed by atoms with Gasteiger partial charge in [-0.15, -0.1) is 0 Å². The van der Waals surface area contributed by atoms with Gasteiger partial charge in [0.15, 0.2) is 11.5 Å². The molecule has 32 heavy (non-hydrogen) atoms. The van der Waals surface area contributed by atoms with Crippen LogP contribution in [0.2, 0.25) is 0 Å². The van der Waals surface area contributed by atoms with Crippen LogP contribution in [0.15, 0.2) is 48.0 Å². The summed E-state index contributed by atoms with van der Waals surface area (Å²) in [5.74, 6) is -0.934. The van der Waals surface area contributed by atoms with Gasteiger partial charge in [0.2, 0.25) is 0 Å². The number of urea groups is 1. The first-order chi connectivity index (χ1) is 15.5. The van der Waals surface area contributed by atoms with Gasteiger partial charge in [-0.1, -0.05) is 37.1 Å². The number of methoxy groups -OCH3 is 1. The Morgan fingerprint density at radius 3 is 2.56 bits per heavy atom. The van der Waals surface area contributed by atoms with E-state index >= 15 is 0 Å². The highest BCUT2D eigenvalue weighted by Gasteiger charge is 2.40. The highest BCUT2D eigenvalue weighted by Crippen LogP contribution is 2.31. The summed E-state index contributed by atoms with van der Waals surface area (Å²) in [6, 6.07) is 10.3.